The quantitative estimate of drug-likeness (QED) is 0.892. The number of rotatable bonds is 4. The van der Waals surface area contributed by atoms with Crippen LogP contribution in [0.5, 0.6) is 0 Å². The third kappa shape index (κ3) is 2.85. The van der Waals surface area contributed by atoms with Crippen molar-refractivity contribution in [2.24, 2.45) is 0 Å². The van der Waals surface area contributed by atoms with Gasteiger partial charge in [-0.25, -0.2) is 0 Å². The van der Waals surface area contributed by atoms with Crippen LogP contribution in [0.15, 0.2) is 30.5 Å². The van der Waals surface area contributed by atoms with E-state index in [1.807, 2.05) is 11.0 Å². The fraction of sp³-hybridized carbons (Fsp3) is 0.438. The predicted molar refractivity (Wildman–Crippen MR) is 80.7 cm³/mol. The second-order valence-electron chi connectivity index (χ2n) is 5.34. The zero-order chi connectivity index (χ0) is 13.8. The molecule has 1 aromatic carbocycles. The standard InChI is InChI=1S/C16H21N3O/c20-16(19-10-8-17-9-11-19)7-3-4-13-12-18-15-6-2-1-5-14(13)15/h1-2,5-6,12,17-18H,3-4,7-11H2. The van der Waals surface area contributed by atoms with Crippen molar-refractivity contribution in [2.75, 3.05) is 26.2 Å². The predicted octanol–water partition coefficient (Wildman–Crippen LogP) is 1.92. The van der Waals surface area contributed by atoms with Gasteiger partial charge in [-0.05, 0) is 24.5 Å². The summed E-state index contributed by atoms with van der Waals surface area (Å²) in [7, 11) is 0. The minimum atomic E-state index is 0.298. The van der Waals surface area contributed by atoms with Crippen molar-refractivity contribution in [3.05, 3.63) is 36.0 Å². The van der Waals surface area contributed by atoms with Gasteiger partial charge in [0.25, 0.3) is 0 Å². The smallest absolute Gasteiger partial charge is 0.222 e. The lowest BCUT2D eigenvalue weighted by Crippen LogP contribution is -2.46. The monoisotopic (exact) mass is 271 g/mol. The maximum Gasteiger partial charge on any atom is 0.222 e. The van der Waals surface area contributed by atoms with Gasteiger partial charge >= 0.3 is 0 Å². The van der Waals surface area contributed by atoms with E-state index in [1.165, 1.54) is 16.5 Å². The molecule has 2 N–H and O–H groups in total. The Morgan fingerprint density at radius 2 is 2.00 bits per heavy atom. The van der Waals surface area contributed by atoms with Crippen LogP contribution < -0.4 is 5.32 Å². The SMILES string of the molecule is O=C(CCCc1c[nH]c2ccccc12)N1CCNCC1. The number of aromatic nitrogens is 1. The number of nitrogens with zero attached hydrogens (tertiary/aromatic N) is 1. The van der Waals surface area contributed by atoms with E-state index in [1.54, 1.807) is 0 Å². The van der Waals surface area contributed by atoms with Gasteiger partial charge in [0.05, 0.1) is 0 Å². The Kier molecular flexibility index (Phi) is 4.02. The zero-order valence-corrected chi connectivity index (χ0v) is 11.7. The van der Waals surface area contributed by atoms with E-state index in [9.17, 15) is 4.79 Å². The van der Waals surface area contributed by atoms with E-state index in [0.717, 1.165) is 39.0 Å². The molecule has 20 heavy (non-hydrogen) atoms. The number of aryl methyl sites for hydroxylation is 1. The van der Waals surface area contributed by atoms with Crippen molar-refractivity contribution in [1.82, 2.24) is 15.2 Å². The molecule has 1 aliphatic rings. The molecule has 0 radical (unpaired) electrons. The summed E-state index contributed by atoms with van der Waals surface area (Å²) in [5.41, 5.74) is 2.49. The number of benzene rings is 1. The molecule has 0 saturated carbocycles. The third-order valence-corrected chi connectivity index (χ3v) is 3.98. The molecule has 0 bridgehead atoms. The molecule has 1 saturated heterocycles. The van der Waals surface area contributed by atoms with Crippen LogP contribution in [0.1, 0.15) is 18.4 Å². The number of carbonyl (C=O) groups excluding carboxylic acids is 1. The van der Waals surface area contributed by atoms with Crippen LogP contribution in [0, 0.1) is 0 Å². The molecule has 1 fully saturated rings. The Labute approximate surface area is 119 Å². The van der Waals surface area contributed by atoms with Gasteiger partial charge in [-0.3, -0.25) is 4.79 Å². The number of piperazine rings is 1. The number of carbonyl (C=O) groups is 1. The summed E-state index contributed by atoms with van der Waals surface area (Å²) in [4.78, 5) is 17.3. The average Bonchev–Trinajstić information content (AvgIpc) is 2.92. The number of fused-ring (bicyclic) bond motifs is 1. The Morgan fingerprint density at radius 1 is 1.20 bits per heavy atom. The van der Waals surface area contributed by atoms with E-state index in [2.05, 4.69) is 34.7 Å². The summed E-state index contributed by atoms with van der Waals surface area (Å²) in [6, 6.07) is 8.33. The topological polar surface area (TPSA) is 48.1 Å². The molecule has 3 rings (SSSR count). The van der Waals surface area contributed by atoms with E-state index in [0.29, 0.717) is 12.3 Å². The van der Waals surface area contributed by atoms with Crippen LogP contribution in [0.4, 0.5) is 0 Å². The molecule has 0 unspecified atom stereocenters. The van der Waals surface area contributed by atoms with Gasteiger partial charge in [0.1, 0.15) is 0 Å². The molecular formula is C16H21N3O. The van der Waals surface area contributed by atoms with Gasteiger partial charge in [0, 0.05) is 49.7 Å². The van der Waals surface area contributed by atoms with Gasteiger partial charge in [-0.15, -0.1) is 0 Å². The second kappa shape index (κ2) is 6.09. The summed E-state index contributed by atoms with van der Waals surface area (Å²) < 4.78 is 0. The molecule has 0 aliphatic carbocycles. The van der Waals surface area contributed by atoms with Gasteiger partial charge in [0.15, 0.2) is 0 Å². The molecule has 2 aromatic rings. The van der Waals surface area contributed by atoms with Crippen LogP contribution >= 0.6 is 0 Å². The van der Waals surface area contributed by atoms with Crippen LogP contribution in [0.2, 0.25) is 0 Å². The first kappa shape index (κ1) is 13.2. The fourth-order valence-corrected chi connectivity index (χ4v) is 2.84. The summed E-state index contributed by atoms with van der Waals surface area (Å²) in [5.74, 6) is 0.298. The lowest BCUT2D eigenvalue weighted by atomic mass is 10.1. The Balaban J connectivity index is 1.53. The highest BCUT2D eigenvalue weighted by Gasteiger charge is 2.15. The molecule has 1 aromatic heterocycles. The zero-order valence-electron chi connectivity index (χ0n) is 11.7. The van der Waals surface area contributed by atoms with Crippen LogP contribution in [0.25, 0.3) is 10.9 Å². The minimum Gasteiger partial charge on any atom is -0.361 e. The third-order valence-electron chi connectivity index (χ3n) is 3.98. The Bertz CT molecular complexity index is 584. The van der Waals surface area contributed by atoms with Crippen molar-refractivity contribution in [1.29, 1.82) is 0 Å². The van der Waals surface area contributed by atoms with Crippen molar-refractivity contribution >= 4 is 16.8 Å². The largest absolute Gasteiger partial charge is 0.361 e. The molecule has 1 amide bonds. The normalized spacial score (nSPS) is 15.7. The molecule has 1 aliphatic heterocycles. The average molecular weight is 271 g/mol. The Hall–Kier alpha value is -1.81. The van der Waals surface area contributed by atoms with Crippen LogP contribution in [0.3, 0.4) is 0 Å². The van der Waals surface area contributed by atoms with Crippen molar-refractivity contribution in [3.63, 3.8) is 0 Å². The van der Waals surface area contributed by atoms with E-state index in [-0.39, 0.29) is 0 Å². The summed E-state index contributed by atoms with van der Waals surface area (Å²) in [6.07, 6.45) is 4.60. The number of para-hydroxylation sites is 1. The van der Waals surface area contributed by atoms with Gasteiger partial charge < -0.3 is 15.2 Å². The second-order valence-corrected chi connectivity index (χ2v) is 5.34. The first-order chi connectivity index (χ1) is 9.84. The maximum absolute atomic E-state index is 12.1. The van der Waals surface area contributed by atoms with E-state index >= 15 is 0 Å². The fourth-order valence-electron chi connectivity index (χ4n) is 2.84. The molecule has 106 valence electrons. The first-order valence-corrected chi connectivity index (χ1v) is 7.38. The lowest BCUT2D eigenvalue weighted by Gasteiger charge is -2.27. The van der Waals surface area contributed by atoms with Gasteiger partial charge in [-0.1, -0.05) is 18.2 Å². The number of H-pyrrole nitrogens is 1. The molecule has 4 nitrogen and oxygen atoms in total. The molecule has 4 heteroatoms. The number of amides is 1. The number of hydrogen-bond donors (Lipinski definition) is 2. The number of nitrogens with one attached hydrogen (secondary N) is 2. The Morgan fingerprint density at radius 3 is 2.85 bits per heavy atom. The molecule has 0 spiro atoms. The van der Waals surface area contributed by atoms with E-state index < -0.39 is 0 Å². The first-order valence-electron chi connectivity index (χ1n) is 7.38. The van der Waals surface area contributed by atoms with Crippen LogP contribution in [-0.2, 0) is 11.2 Å². The highest BCUT2D eigenvalue weighted by atomic mass is 16.2. The lowest BCUT2D eigenvalue weighted by molar-refractivity contribution is -0.131. The van der Waals surface area contributed by atoms with E-state index in [4.69, 9.17) is 0 Å². The summed E-state index contributed by atoms with van der Waals surface area (Å²) in [5, 5.41) is 4.55. The minimum absolute atomic E-state index is 0.298. The number of aromatic amines is 1. The molecule has 0 atom stereocenters. The van der Waals surface area contributed by atoms with Gasteiger partial charge in [-0.2, -0.15) is 0 Å². The van der Waals surface area contributed by atoms with Crippen molar-refractivity contribution in [3.8, 4) is 0 Å². The number of hydrogen-bond acceptors (Lipinski definition) is 2. The summed E-state index contributed by atoms with van der Waals surface area (Å²) in [6.45, 7) is 3.56. The highest BCUT2D eigenvalue weighted by molar-refractivity contribution is 5.83. The van der Waals surface area contributed by atoms with Crippen molar-refractivity contribution in [2.45, 2.75) is 19.3 Å². The van der Waals surface area contributed by atoms with Crippen molar-refractivity contribution < 1.29 is 4.79 Å². The molecule has 2 heterocycles. The van der Waals surface area contributed by atoms with Gasteiger partial charge in [0.2, 0.25) is 5.91 Å². The molecular weight excluding hydrogens is 250 g/mol. The highest BCUT2D eigenvalue weighted by Crippen LogP contribution is 2.19. The maximum atomic E-state index is 12.1. The van der Waals surface area contributed by atoms with Crippen LogP contribution in [-0.4, -0.2) is 42.0 Å². The summed E-state index contributed by atoms with van der Waals surface area (Å²) >= 11 is 0.